The van der Waals surface area contributed by atoms with Gasteiger partial charge in [0.15, 0.2) is 0 Å². The van der Waals surface area contributed by atoms with Crippen LogP contribution in [-0.2, 0) is 0 Å². The van der Waals surface area contributed by atoms with E-state index in [9.17, 15) is 10.1 Å². The van der Waals surface area contributed by atoms with E-state index in [1.807, 2.05) is 43.9 Å². The van der Waals surface area contributed by atoms with Gasteiger partial charge in [-0.1, -0.05) is 6.07 Å². The molecular weight excluding hydrogens is 282 g/mol. The minimum absolute atomic E-state index is 0.0414. The topological polar surface area (TPSA) is 68.5 Å². The summed E-state index contributed by atoms with van der Waals surface area (Å²) in [7, 11) is 0. The van der Waals surface area contributed by atoms with Crippen LogP contribution in [0.2, 0.25) is 0 Å². The molecule has 0 saturated carbocycles. The molecule has 114 valence electrons. The summed E-state index contributed by atoms with van der Waals surface area (Å²) in [6, 6.07) is 10.4. The molecule has 0 bridgehead atoms. The van der Waals surface area contributed by atoms with E-state index in [4.69, 9.17) is 4.74 Å². The Morgan fingerprint density at radius 1 is 1.32 bits per heavy atom. The Morgan fingerprint density at radius 3 is 2.77 bits per heavy atom. The summed E-state index contributed by atoms with van der Waals surface area (Å²) in [6.07, 6.45) is 0. The van der Waals surface area contributed by atoms with Crippen LogP contribution in [0.15, 0.2) is 36.4 Å². The molecule has 1 aliphatic rings. The number of hydrogen-bond donors (Lipinski definition) is 0. The van der Waals surface area contributed by atoms with Gasteiger partial charge in [-0.15, -0.1) is 0 Å². The lowest BCUT2D eigenvalue weighted by molar-refractivity contribution is -0.384. The smallest absolute Gasteiger partial charge is 0.271 e. The fourth-order valence-electron chi connectivity index (χ4n) is 2.60. The van der Waals surface area contributed by atoms with Crippen molar-refractivity contribution >= 4 is 17.2 Å². The van der Waals surface area contributed by atoms with Crippen molar-refractivity contribution in [3.8, 4) is 5.75 Å². The molecule has 0 aliphatic carbocycles. The fourth-order valence-corrected chi connectivity index (χ4v) is 2.60. The van der Waals surface area contributed by atoms with E-state index in [0.29, 0.717) is 18.0 Å². The third kappa shape index (κ3) is 2.59. The van der Waals surface area contributed by atoms with Gasteiger partial charge in [-0.05, 0) is 39.0 Å². The lowest BCUT2D eigenvalue weighted by atomic mass is 10.0. The van der Waals surface area contributed by atoms with Crippen LogP contribution >= 0.6 is 0 Å². The molecule has 6 nitrogen and oxygen atoms in total. The summed E-state index contributed by atoms with van der Waals surface area (Å²) in [6.45, 7) is 6.46. The van der Waals surface area contributed by atoms with E-state index in [-0.39, 0.29) is 5.69 Å². The van der Waals surface area contributed by atoms with Crippen molar-refractivity contribution < 1.29 is 9.66 Å². The number of rotatable bonds is 2. The normalized spacial score (nSPS) is 15.9. The fraction of sp³-hybridized carbons (Fsp3) is 0.312. The average molecular weight is 299 g/mol. The molecule has 22 heavy (non-hydrogen) atoms. The molecule has 0 fully saturated rings. The van der Waals surface area contributed by atoms with Crippen LogP contribution in [-0.4, -0.2) is 22.1 Å². The molecule has 1 aromatic heterocycles. The second kappa shape index (κ2) is 4.98. The molecule has 1 aliphatic heterocycles. The summed E-state index contributed by atoms with van der Waals surface area (Å²) in [5.74, 6) is 1.39. The molecule has 0 radical (unpaired) electrons. The molecule has 0 amide bonds. The van der Waals surface area contributed by atoms with Crippen LogP contribution in [0.5, 0.6) is 5.75 Å². The molecule has 6 heteroatoms. The highest BCUT2D eigenvalue weighted by Gasteiger charge is 2.34. The van der Waals surface area contributed by atoms with Crippen molar-refractivity contribution in [2.75, 3.05) is 11.4 Å². The van der Waals surface area contributed by atoms with E-state index in [1.54, 1.807) is 6.07 Å². The van der Waals surface area contributed by atoms with E-state index in [1.165, 1.54) is 12.1 Å². The average Bonchev–Trinajstić information content (AvgIpc) is 2.45. The van der Waals surface area contributed by atoms with Gasteiger partial charge in [0.2, 0.25) is 0 Å². The predicted molar refractivity (Wildman–Crippen MR) is 83.8 cm³/mol. The lowest BCUT2D eigenvalue weighted by Crippen LogP contribution is -2.45. The van der Waals surface area contributed by atoms with Crippen molar-refractivity contribution in [1.29, 1.82) is 0 Å². The van der Waals surface area contributed by atoms with Crippen molar-refractivity contribution in [2.45, 2.75) is 26.4 Å². The second-order valence-corrected chi connectivity index (χ2v) is 5.99. The molecule has 0 spiro atoms. The molecule has 1 aromatic carbocycles. The number of fused-ring (bicyclic) bond motifs is 1. The van der Waals surface area contributed by atoms with E-state index < -0.39 is 10.5 Å². The monoisotopic (exact) mass is 299 g/mol. The Bertz CT molecular complexity index is 743. The molecule has 3 rings (SSSR count). The lowest BCUT2D eigenvalue weighted by Gasteiger charge is -2.40. The van der Waals surface area contributed by atoms with Crippen LogP contribution < -0.4 is 9.64 Å². The van der Waals surface area contributed by atoms with Crippen LogP contribution in [0.3, 0.4) is 0 Å². The van der Waals surface area contributed by atoms with Gasteiger partial charge in [-0.25, -0.2) is 4.98 Å². The summed E-state index contributed by atoms with van der Waals surface area (Å²) >= 11 is 0. The number of hydrogen-bond acceptors (Lipinski definition) is 5. The summed E-state index contributed by atoms with van der Waals surface area (Å²) < 4.78 is 5.94. The van der Waals surface area contributed by atoms with E-state index in [0.717, 1.165) is 11.5 Å². The zero-order chi connectivity index (χ0) is 15.9. The van der Waals surface area contributed by atoms with Crippen LogP contribution in [0, 0.1) is 17.0 Å². The number of nitro benzene ring substituents is 1. The van der Waals surface area contributed by atoms with Gasteiger partial charge >= 0.3 is 0 Å². The number of benzene rings is 1. The first-order valence-electron chi connectivity index (χ1n) is 7.04. The van der Waals surface area contributed by atoms with Crippen molar-refractivity contribution in [3.63, 3.8) is 0 Å². The van der Waals surface area contributed by atoms with Gasteiger partial charge in [0, 0.05) is 17.8 Å². The Hall–Kier alpha value is -2.63. The SMILES string of the molecule is Cc1cccc(N2CC(C)(C)Oc3ccc([N+](=O)[O-])cc32)n1. The molecule has 2 heterocycles. The zero-order valence-corrected chi connectivity index (χ0v) is 12.7. The van der Waals surface area contributed by atoms with Crippen LogP contribution in [0.4, 0.5) is 17.2 Å². The number of ether oxygens (including phenoxy) is 1. The Kier molecular flexibility index (Phi) is 3.24. The predicted octanol–water partition coefficient (Wildman–Crippen LogP) is 3.61. The Balaban J connectivity index is 2.14. The number of anilines is 2. The van der Waals surface area contributed by atoms with E-state index >= 15 is 0 Å². The number of aryl methyl sites for hydroxylation is 1. The van der Waals surface area contributed by atoms with Gasteiger partial charge in [-0.2, -0.15) is 0 Å². The second-order valence-electron chi connectivity index (χ2n) is 5.99. The number of nitrogens with zero attached hydrogens (tertiary/aromatic N) is 3. The van der Waals surface area contributed by atoms with Crippen LogP contribution in [0.1, 0.15) is 19.5 Å². The quantitative estimate of drug-likeness (QED) is 0.626. The largest absolute Gasteiger partial charge is 0.484 e. The maximum absolute atomic E-state index is 11.0. The minimum atomic E-state index is -0.408. The molecule has 0 unspecified atom stereocenters. The molecule has 0 N–H and O–H groups in total. The highest BCUT2D eigenvalue weighted by atomic mass is 16.6. The van der Waals surface area contributed by atoms with Gasteiger partial charge in [0.25, 0.3) is 5.69 Å². The maximum atomic E-state index is 11.0. The van der Waals surface area contributed by atoms with E-state index in [2.05, 4.69) is 4.98 Å². The summed E-state index contributed by atoms with van der Waals surface area (Å²) in [5, 5.41) is 11.0. The third-order valence-electron chi connectivity index (χ3n) is 3.52. The van der Waals surface area contributed by atoms with Gasteiger partial charge in [0.1, 0.15) is 17.2 Å². The first-order chi connectivity index (χ1) is 10.4. The maximum Gasteiger partial charge on any atom is 0.271 e. The van der Waals surface area contributed by atoms with Crippen molar-refractivity contribution in [2.24, 2.45) is 0 Å². The standard InChI is InChI=1S/C16H17N3O3/c1-11-5-4-6-15(17-11)18-10-16(2,3)22-14-8-7-12(19(20)21)9-13(14)18/h4-9H,10H2,1-3H3. The van der Waals surface area contributed by atoms with Crippen LogP contribution in [0.25, 0.3) is 0 Å². The first-order valence-corrected chi connectivity index (χ1v) is 7.04. The Morgan fingerprint density at radius 2 is 2.09 bits per heavy atom. The first kappa shape index (κ1) is 14.3. The Labute approximate surface area is 128 Å². The summed E-state index contributed by atoms with van der Waals surface area (Å²) in [4.78, 5) is 17.1. The third-order valence-corrected chi connectivity index (χ3v) is 3.52. The summed E-state index contributed by atoms with van der Waals surface area (Å²) in [5.41, 5.74) is 1.20. The van der Waals surface area contributed by atoms with Gasteiger partial charge in [-0.3, -0.25) is 10.1 Å². The zero-order valence-electron chi connectivity index (χ0n) is 12.7. The minimum Gasteiger partial charge on any atom is -0.484 e. The molecule has 2 aromatic rings. The molecular formula is C16H17N3O3. The number of pyridine rings is 1. The number of aromatic nitrogens is 1. The molecule has 0 atom stereocenters. The number of non-ortho nitro benzene ring substituents is 1. The highest BCUT2D eigenvalue weighted by Crippen LogP contribution is 2.42. The number of nitro groups is 1. The highest BCUT2D eigenvalue weighted by molar-refractivity contribution is 5.71. The van der Waals surface area contributed by atoms with Crippen molar-refractivity contribution in [1.82, 2.24) is 4.98 Å². The van der Waals surface area contributed by atoms with Gasteiger partial charge < -0.3 is 9.64 Å². The van der Waals surface area contributed by atoms with Crippen molar-refractivity contribution in [3.05, 3.63) is 52.2 Å². The molecule has 0 saturated heterocycles. The van der Waals surface area contributed by atoms with Gasteiger partial charge in [0.05, 0.1) is 17.2 Å².